The Morgan fingerprint density at radius 3 is 2.68 bits per heavy atom. The van der Waals surface area contributed by atoms with Crippen molar-refractivity contribution in [3.05, 3.63) is 65.8 Å². The van der Waals surface area contributed by atoms with Crippen LogP contribution in [0.1, 0.15) is 44.2 Å². The molecule has 0 aromatic carbocycles. The van der Waals surface area contributed by atoms with Crippen LogP contribution in [0.5, 0.6) is 0 Å². The van der Waals surface area contributed by atoms with Crippen LogP contribution in [0.2, 0.25) is 0 Å². The summed E-state index contributed by atoms with van der Waals surface area (Å²) in [6, 6.07) is 0.352. The lowest BCUT2D eigenvalue weighted by atomic mass is 9.86. The molecule has 0 radical (unpaired) electrons. The maximum absolute atomic E-state index is 12.4. The molecule has 1 unspecified atom stereocenters. The zero-order valence-corrected chi connectivity index (χ0v) is 20.6. The van der Waals surface area contributed by atoms with E-state index < -0.39 is 61.1 Å². The maximum Gasteiger partial charge on any atom is 0.470 e. The normalized spacial score (nSPS) is 27.5. The summed E-state index contributed by atoms with van der Waals surface area (Å²) in [6.07, 6.45) is -1.28. The number of hydrogen-bond acceptors (Lipinski definition) is 10. The van der Waals surface area contributed by atoms with Gasteiger partial charge in [0, 0.05) is 29.3 Å². The molecule has 37 heavy (non-hydrogen) atoms. The second-order valence-corrected chi connectivity index (χ2v) is 10.1. The van der Waals surface area contributed by atoms with E-state index in [2.05, 4.69) is 20.0 Å². The Bertz CT molecular complexity index is 1460. The number of ether oxygens (including phenoxy) is 2. The molecule has 2 aromatic heterocycles. The van der Waals surface area contributed by atoms with E-state index in [1.807, 2.05) is 0 Å². The van der Waals surface area contributed by atoms with Crippen LogP contribution >= 0.6 is 7.82 Å². The third-order valence-electron chi connectivity index (χ3n) is 6.43. The third kappa shape index (κ3) is 5.38. The standard InChI is InChI=1S/C19H25N8O9P/c1-9-8-27(18(30)23-16(9)28)14-7-10(24-25-21)15(35-14)19(2,36-37(31,32)33)11-3-4-13(34-11)26-6-5-12(20)22-17(26)29/h5-6,8,10-11,13-15H,3-4,7H2,1-2H3,(H2,20,22,29)(H,23,28,30)(H2,31,32,33)/t10-,11-,13+,14+,15-,19?/m0/s1. The molecule has 5 N–H and O–H groups in total. The average Bonchev–Trinajstić information content (AvgIpc) is 3.44. The monoisotopic (exact) mass is 540 g/mol. The second kappa shape index (κ2) is 9.87. The molecule has 4 rings (SSSR count). The number of rotatable bonds is 7. The number of nitrogens with one attached hydrogen (secondary N) is 1. The largest absolute Gasteiger partial charge is 0.470 e. The van der Waals surface area contributed by atoms with Crippen molar-refractivity contribution in [2.24, 2.45) is 5.11 Å². The number of H-pyrrole nitrogens is 1. The van der Waals surface area contributed by atoms with Gasteiger partial charge in [-0.25, -0.2) is 14.2 Å². The SMILES string of the molecule is Cc1cn([C@H]2C[C@H](N=[N+]=[N-])[C@@H](C(C)(OP(=O)(O)O)[C@@H]3CC[C@H](n4ccc(N)nc4=O)O3)O2)c(=O)[nH]c1=O. The van der Waals surface area contributed by atoms with E-state index in [4.69, 9.17) is 25.3 Å². The molecule has 2 aromatic rings. The van der Waals surface area contributed by atoms with Gasteiger partial charge in [-0.1, -0.05) is 5.11 Å². The molecule has 0 amide bonds. The number of anilines is 1. The minimum Gasteiger partial charge on any atom is -0.383 e. The highest BCUT2D eigenvalue weighted by Gasteiger charge is 2.57. The molecule has 0 bridgehead atoms. The van der Waals surface area contributed by atoms with Crippen molar-refractivity contribution in [2.75, 3.05) is 5.73 Å². The van der Waals surface area contributed by atoms with Crippen LogP contribution in [-0.4, -0.2) is 52.7 Å². The van der Waals surface area contributed by atoms with Crippen molar-refractivity contribution >= 4 is 13.6 Å². The first kappa shape index (κ1) is 26.8. The molecule has 4 heterocycles. The summed E-state index contributed by atoms with van der Waals surface area (Å²) < 4.78 is 31.6. The predicted molar refractivity (Wildman–Crippen MR) is 125 cm³/mol. The molecule has 0 spiro atoms. The van der Waals surface area contributed by atoms with E-state index in [1.165, 1.54) is 36.9 Å². The van der Waals surface area contributed by atoms with Crippen LogP contribution < -0.4 is 22.7 Å². The molecule has 17 nitrogen and oxygen atoms in total. The van der Waals surface area contributed by atoms with E-state index in [0.717, 1.165) is 4.57 Å². The summed E-state index contributed by atoms with van der Waals surface area (Å²) in [7, 11) is -5.17. The van der Waals surface area contributed by atoms with Crippen LogP contribution in [0.4, 0.5) is 5.82 Å². The van der Waals surface area contributed by atoms with Gasteiger partial charge >= 0.3 is 19.2 Å². The summed E-state index contributed by atoms with van der Waals surface area (Å²) in [5, 5.41) is 3.72. The van der Waals surface area contributed by atoms with Gasteiger partial charge in [-0.15, -0.1) is 0 Å². The van der Waals surface area contributed by atoms with E-state index in [0.29, 0.717) is 0 Å². The summed E-state index contributed by atoms with van der Waals surface area (Å²) in [6.45, 7) is 2.81. The molecule has 0 saturated carbocycles. The summed E-state index contributed by atoms with van der Waals surface area (Å²) in [5.41, 5.74) is 10.9. The summed E-state index contributed by atoms with van der Waals surface area (Å²) >= 11 is 0. The van der Waals surface area contributed by atoms with Crippen LogP contribution in [0.15, 0.2) is 38.0 Å². The number of hydrogen-bond donors (Lipinski definition) is 4. The van der Waals surface area contributed by atoms with Crippen molar-refractivity contribution in [1.82, 2.24) is 19.1 Å². The number of phosphoric ester groups is 1. The van der Waals surface area contributed by atoms with Crippen molar-refractivity contribution in [1.29, 1.82) is 0 Å². The van der Waals surface area contributed by atoms with E-state index >= 15 is 0 Å². The summed E-state index contributed by atoms with van der Waals surface area (Å²) in [5.74, 6) is 0.0146. The Balaban J connectivity index is 1.71. The second-order valence-electron chi connectivity index (χ2n) is 8.96. The first-order chi connectivity index (χ1) is 17.3. The van der Waals surface area contributed by atoms with E-state index in [-0.39, 0.29) is 30.6 Å². The highest BCUT2D eigenvalue weighted by Crippen LogP contribution is 2.51. The maximum atomic E-state index is 12.4. The molecule has 2 aliphatic rings. The smallest absolute Gasteiger partial charge is 0.383 e. The van der Waals surface area contributed by atoms with Crippen LogP contribution in [0.3, 0.4) is 0 Å². The Hall–Kier alpha value is -3.30. The molecule has 2 aliphatic heterocycles. The van der Waals surface area contributed by atoms with Crippen LogP contribution in [0, 0.1) is 6.92 Å². The molecule has 2 fully saturated rings. The number of aromatic nitrogens is 4. The van der Waals surface area contributed by atoms with Gasteiger partial charge < -0.3 is 25.0 Å². The van der Waals surface area contributed by atoms with Gasteiger partial charge in [-0.05, 0) is 38.3 Å². The van der Waals surface area contributed by atoms with Crippen molar-refractivity contribution < 1.29 is 28.3 Å². The van der Waals surface area contributed by atoms with Gasteiger partial charge in [0.05, 0.1) is 12.1 Å². The zero-order chi connectivity index (χ0) is 27.1. The number of aryl methyl sites for hydroxylation is 1. The number of azide groups is 1. The molecule has 0 aliphatic carbocycles. The fraction of sp³-hybridized carbons (Fsp3) is 0.579. The van der Waals surface area contributed by atoms with Gasteiger partial charge in [0.25, 0.3) is 5.56 Å². The molecule has 6 atom stereocenters. The lowest BCUT2D eigenvalue weighted by Gasteiger charge is -2.40. The van der Waals surface area contributed by atoms with E-state index in [1.54, 1.807) is 0 Å². The van der Waals surface area contributed by atoms with Gasteiger partial charge in [-0.3, -0.25) is 23.4 Å². The Kier molecular flexibility index (Phi) is 7.14. The molecule has 200 valence electrons. The molecular weight excluding hydrogens is 515 g/mol. The molecule has 18 heteroatoms. The number of nitrogens with zero attached hydrogens (tertiary/aromatic N) is 6. The fourth-order valence-electron chi connectivity index (χ4n) is 4.76. The molecule has 2 saturated heterocycles. The Labute approximate surface area is 207 Å². The number of phosphoric acid groups is 1. The lowest BCUT2D eigenvalue weighted by Crippen LogP contribution is -2.54. The first-order valence-electron chi connectivity index (χ1n) is 11.1. The van der Waals surface area contributed by atoms with Gasteiger partial charge in [0.1, 0.15) is 30.0 Å². The minimum atomic E-state index is -5.17. The highest BCUT2D eigenvalue weighted by molar-refractivity contribution is 7.46. The average molecular weight is 540 g/mol. The zero-order valence-electron chi connectivity index (χ0n) is 19.7. The van der Waals surface area contributed by atoms with Gasteiger partial charge in [-0.2, -0.15) is 4.98 Å². The predicted octanol–water partition coefficient (Wildman–Crippen LogP) is 0.196. The summed E-state index contributed by atoms with van der Waals surface area (Å²) in [4.78, 5) is 64.6. The van der Waals surface area contributed by atoms with Crippen LogP contribution in [0.25, 0.3) is 10.4 Å². The third-order valence-corrected chi connectivity index (χ3v) is 7.06. The van der Waals surface area contributed by atoms with Crippen molar-refractivity contribution in [2.45, 2.75) is 69.4 Å². The van der Waals surface area contributed by atoms with Crippen molar-refractivity contribution in [3.63, 3.8) is 0 Å². The number of aromatic amines is 1. The number of nitrogens with two attached hydrogens (primary N) is 1. The van der Waals surface area contributed by atoms with Gasteiger partial charge in [0.15, 0.2) is 0 Å². The first-order valence-corrected chi connectivity index (χ1v) is 12.6. The molecular formula is C19H25N8O9P. The Morgan fingerprint density at radius 2 is 2.03 bits per heavy atom. The van der Waals surface area contributed by atoms with Crippen molar-refractivity contribution in [3.8, 4) is 0 Å². The van der Waals surface area contributed by atoms with Gasteiger partial charge in [0.2, 0.25) is 0 Å². The van der Waals surface area contributed by atoms with E-state index in [9.17, 15) is 28.7 Å². The highest BCUT2D eigenvalue weighted by atomic mass is 31.2. The quantitative estimate of drug-likeness (QED) is 0.160. The number of nitrogen functional groups attached to an aromatic ring is 1. The van der Waals surface area contributed by atoms with Crippen LogP contribution in [-0.2, 0) is 18.6 Å². The minimum absolute atomic E-state index is 0.0146. The Morgan fingerprint density at radius 1 is 1.30 bits per heavy atom. The topological polar surface area (TPSA) is 250 Å². The fourth-order valence-corrected chi connectivity index (χ4v) is 5.49. The lowest BCUT2D eigenvalue weighted by molar-refractivity contribution is -0.174.